The molecule has 0 radical (unpaired) electrons. The zero-order chi connectivity index (χ0) is 15.1. The highest BCUT2D eigenvalue weighted by atomic mass is 16.2. The largest absolute Gasteiger partial charge is 0.295 e. The monoisotopic (exact) mass is 286 g/mol. The topological polar surface area (TPSA) is 66.5 Å². The van der Waals surface area contributed by atoms with E-state index >= 15 is 0 Å². The van der Waals surface area contributed by atoms with Crippen molar-refractivity contribution in [3.63, 3.8) is 0 Å². The first-order valence-electron chi connectivity index (χ1n) is 6.72. The number of nitrogens with one attached hydrogen (secondary N) is 1. The van der Waals surface area contributed by atoms with Gasteiger partial charge in [-0.1, -0.05) is 18.7 Å². The average molecular weight is 286 g/mol. The Morgan fingerprint density at radius 3 is 2.81 bits per heavy atom. The van der Waals surface area contributed by atoms with Crippen molar-refractivity contribution in [3.05, 3.63) is 47.2 Å². The predicted octanol–water partition coefficient (Wildman–Crippen LogP) is 1.87. The number of nitrogens with zero attached hydrogens (tertiary/aromatic N) is 1. The van der Waals surface area contributed by atoms with Crippen molar-refractivity contribution in [3.8, 4) is 0 Å². The maximum absolute atomic E-state index is 12.6. The van der Waals surface area contributed by atoms with Gasteiger partial charge in [0.15, 0.2) is 0 Å². The lowest BCUT2D eigenvalue weighted by Crippen LogP contribution is -2.52. The van der Waals surface area contributed by atoms with Gasteiger partial charge in [0.2, 0.25) is 11.8 Å². The van der Waals surface area contributed by atoms with Gasteiger partial charge in [0.25, 0.3) is 5.91 Å². The second kappa shape index (κ2) is 4.72. The number of fused-ring (bicyclic) bond motifs is 1. The summed E-state index contributed by atoms with van der Waals surface area (Å²) in [5.74, 6) is -0.993. The van der Waals surface area contributed by atoms with Gasteiger partial charge in [0.1, 0.15) is 6.04 Å². The third-order valence-electron chi connectivity index (χ3n) is 3.89. The molecular weight excluding hydrogens is 268 g/mol. The van der Waals surface area contributed by atoms with E-state index in [1.54, 1.807) is 12.1 Å². The van der Waals surface area contributed by atoms with Crippen molar-refractivity contribution in [2.45, 2.75) is 25.8 Å². The molecule has 1 unspecified atom stereocenters. The molecule has 21 heavy (non-hydrogen) atoms. The lowest BCUT2D eigenvalue weighted by molar-refractivity contribution is -0.136. The molecule has 0 saturated carbocycles. The number of hydrogen-bond acceptors (Lipinski definition) is 3. The quantitative estimate of drug-likeness (QED) is 0.633. The Balaban J connectivity index is 0.00000132. The van der Waals surface area contributed by atoms with E-state index in [2.05, 4.69) is 17.6 Å². The summed E-state index contributed by atoms with van der Waals surface area (Å²) in [7, 11) is 0. The van der Waals surface area contributed by atoms with Gasteiger partial charge in [-0.2, -0.15) is 0 Å². The van der Waals surface area contributed by atoms with E-state index in [1.165, 1.54) is 4.90 Å². The number of amides is 3. The van der Waals surface area contributed by atoms with Gasteiger partial charge in [-0.25, -0.2) is 0 Å². The van der Waals surface area contributed by atoms with Gasteiger partial charge in [0, 0.05) is 14.8 Å². The van der Waals surface area contributed by atoms with Gasteiger partial charge >= 0.3 is 0 Å². The fourth-order valence-electron chi connectivity index (χ4n) is 2.91. The van der Waals surface area contributed by atoms with Crippen molar-refractivity contribution in [2.75, 3.05) is 0 Å². The van der Waals surface area contributed by atoms with Gasteiger partial charge in [0.05, 0.1) is 11.3 Å². The van der Waals surface area contributed by atoms with Crippen LogP contribution >= 0.6 is 0 Å². The summed E-state index contributed by atoms with van der Waals surface area (Å²) < 4.78 is 0. The molecule has 3 amide bonds. The highest BCUT2D eigenvalue weighted by Gasteiger charge is 2.42. The van der Waals surface area contributed by atoms with Gasteiger partial charge in [-0.05, 0) is 25.0 Å². The summed E-state index contributed by atoms with van der Waals surface area (Å²) in [6.07, 6.45) is 0.536. The van der Waals surface area contributed by atoms with E-state index in [1.807, 2.05) is 13.0 Å². The number of carbonyl (C=O) groups is 3. The number of hydrogen-bond donors (Lipinski definition) is 1. The normalized spacial score (nSPS) is 21.2. The standard InChI is InChI=1S/C16H14N2O3.2H2/c1-3-11-14-9(2)5-4-6-10(14)16(21)18(11)12-7-8-13(19)17-15(12)20;;/h4-6,12H,1,7-8H2,2H3,(H,17,19,20);2*1H. The van der Waals surface area contributed by atoms with Crippen LogP contribution in [0.4, 0.5) is 0 Å². The fraction of sp³-hybridized carbons (Fsp3) is 0.250. The molecule has 0 aromatic heterocycles. The zero-order valence-electron chi connectivity index (χ0n) is 11.6. The molecule has 5 nitrogen and oxygen atoms in total. The number of benzene rings is 1. The number of aryl methyl sites for hydroxylation is 1. The van der Waals surface area contributed by atoms with Gasteiger partial charge in [-0.15, -0.1) is 5.73 Å². The molecule has 2 aliphatic heterocycles. The molecule has 2 heterocycles. The second-order valence-corrected chi connectivity index (χ2v) is 5.16. The Kier molecular flexibility index (Phi) is 3.00. The second-order valence-electron chi connectivity index (χ2n) is 5.16. The summed E-state index contributed by atoms with van der Waals surface area (Å²) >= 11 is 0. The summed E-state index contributed by atoms with van der Waals surface area (Å²) in [4.78, 5) is 37.3. The highest BCUT2D eigenvalue weighted by molar-refractivity contribution is 6.13. The van der Waals surface area contributed by atoms with Crippen LogP contribution in [0.5, 0.6) is 0 Å². The molecule has 1 N–H and O–H groups in total. The SMILES string of the molecule is C=C=C1c2c(C)cccc2C(=O)N1C1CCC(=O)NC1=O.[HH].[HH]. The molecule has 0 aliphatic carbocycles. The minimum Gasteiger partial charge on any atom is -0.295 e. The van der Waals surface area contributed by atoms with Gasteiger partial charge in [-0.3, -0.25) is 24.6 Å². The van der Waals surface area contributed by atoms with Crippen LogP contribution in [0, 0.1) is 6.92 Å². The third-order valence-corrected chi connectivity index (χ3v) is 3.89. The molecule has 1 fully saturated rings. The van der Waals surface area contributed by atoms with E-state index in [0.29, 0.717) is 17.7 Å². The molecule has 5 heteroatoms. The van der Waals surface area contributed by atoms with Crippen molar-refractivity contribution in [1.29, 1.82) is 0 Å². The van der Waals surface area contributed by atoms with E-state index in [-0.39, 0.29) is 21.1 Å². The van der Waals surface area contributed by atoms with Gasteiger partial charge < -0.3 is 0 Å². The number of imide groups is 1. The smallest absolute Gasteiger partial charge is 0.260 e. The molecular formula is C16H18N2O3. The molecule has 1 saturated heterocycles. The number of piperidine rings is 1. The van der Waals surface area contributed by atoms with Crippen LogP contribution < -0.4 is 5.32 Å². The first-order valence-corrected chi connectivity index (χ1v) is 6.72. The van der Waals surface area contributed by atoms with Crippen LogP contribution in [0.25, 0.3) is 5.70 Å². The zero-order valence-corrected chi connectivity index (χ0v) is 11.6. The maximum Gasteiger partial charge on any atom is 0.260 e. The molecule has 1 aromatic rings. The summed E-state index contributed by atoms with van der Waals surface area (Å²) in [5, 5.41) is 2.28. The van der Waals surface area contributed by atoms with Crippen LogP contribution in [0.1, 0.15) is 37.2 Å². The molecule has 1 aromatic carbocycles. The average Bonchev–Trinajstić information content (AvgIpc) is 2.73. The minimum atomic E-state index is -0.689. The first kappa shape index (κ1) is 13.3. The summed E-state index contributed by atoms with van der Waals surface area (Å²) in [6, 6.07) is 4.75. The molecule has 0 bridgehead atoms. The van der Waals surface area contributed by atoms with Crippen molar-refractivity contribution >= 4 is 23.4 Å². The molecule has 1 atom stereocenters. The van der Waals surface area contributed by atoms with Crippen LogP contribution in [0.3, 0.4) is 0 Å². The first-order chi connectivity index (χ1) is 10.0. The Morgan fingerprint density at radius 2 is 2.14 bits per heavy atom. The molecule has 3 rings (SSSR count). The minimum absolute atomic E-state index is 0. The van der Waals surface area contributed by atoms with E-state index in [0.717, 1.165) is 11.1 Å². The van der Waals surface area contributed by atoms with E-state index < -0.39 is 11.9 Å². The predicted molar refractivity (Wildman–Crippen MR) is 80.3 cm³/mol. The maximum atomic E-state index is 12.6. The Labute approximate surface area is 124 Å². The third kappa shape index (κ3) is 1.90. The van der Waals surface area contributed by atoms with E-state index in [4.69, 9.17) is 0 Å². The fourth-order valence-corrected chi connectivity index (χ4v) is 2.91. The lowest BCUT2D eigenvalue weighted by Gasteiger charge is -2.29. The highest BCUT2D eigenvalue weighted by Crippen LogP contribution is 2.37. The van der Waals surface area contributed by atoms with Crippen molar-refractivity contribution < 1.29 is 17.2 Å². The lowest BCUT2D eigenvalue weighted by atomic mass is 10.0. The van der Waals surface area contributed by atoms with Crippen LogP contribution in [0.2, 0.25) is 0 Å². The number of carbonyl (C=O) groups excluding carboxylic acids is 3. The molecule has 2 aliphatic rings. The Morgan fingerprint density at radius 1 is 1.38 bits per heavy atom. The van der Waals surface area contributed by atoms with Crippen LogP contribution in [-0.2, 0) is 9.59 Å². The molecule has 0 spiro atoms. The van der Waals surface area contributed by atoms with Crippen LogP contribution in [-0.4, -0.2) is 28.7 Å². The number of rotatable bonds is 1. The van der Waals surface area contributed by atoms with Crippen molar-refractivity contribution in [1.82, 2.24) is 10.2 Å². The van der Waals surface area contributed by atoms with Crippen molar-refractivity contribution in [2.24, 2.45) is 0 Å². The molecule has 110 valence electrons. The Bertz CT molecular complexity index is 739. The van der Waals surface area contributed by atoms with Crippen LogP contribution in [0.15, 0.2) is 30.5 Å². The summed E-state index contributed by atoms with van der Waals surface area (Å²) in [6.45, 7) is 5.55. The van der Waals surface area contributed by atoms with E-state index in [9.17, 15) is 14.4 Å². The summed E-state index contributed by atoms with van der Waals surface area (Å²) in [5.41, 5.74) is 5.54. The Hall–Kier alpha value is -2.65.